The molecule has 1 aliphatic rings. The highest BCUT2D eigenvalue weighted by Crippen LogP contribution is 2.24. The summed E-state index contributed by atoms with van der Waals surface area (Å²) in [7, 11) is 0. The quantitative estimate of drug-likeness (QED) is 0.749. The molecular weight excluding hydrogens is 196 g/mol. The van der Waals surface area contributed by atoms with Gasteiger partial charge in [0.2, 0.25) is 0 Å². The fourth-order valence-electron chi connectivity index (χ4n) is 3.06. The molecule has 0 saturated heterocycles. The zero-order valence-corrected chi connectivity index (χ0v) is 11.6. The topological polar surface area (TPSA) is 15.3 Å². The van der Waals surface area contributed by atoms with Crippen LogP contribution >= 0.6 is 0 Å². The molecule has 96 valence electrons. The molecule has 0 heterocycles. The van der Waals surface area contributed by atoms with Crippen molar-refractivity contribution in [2.24, 2.45) is 0 Å². The van der Waals surface area contributed by atoms with Crippen molar-refractivity contribution in [3.8, 4) is 0 Å². The Hall–Kier alpha value is -0.0800. The van der Waals surface area contributed by atoms with Gasteiger partial charge in [0.25, 0.3) is 0 Å². The van der Waals surface area contributed by atoms with E-state index in [1.807, 2.05) is 0 Å². The van der Waals surface area contributed by atoms with Gasteiger partial charge in [-0.1, -0.05) is 20.3 Å². The predicted molar refractivity (Wildman–Crippen MR) is 71.9 cm³/mol. The van der Waals surface area contributed by atoms with E-state index in [1.165, 1.54) is 38.6 Å². The fraction of sp³-hybridized carbons (Fsp3) is 1.00. The molecule has 2 unspecified atom stereocenters. The van der Waals surface area contributed by atoms with Gasteiger partial charge in [-0.05, 0) is 52.6 Å². The molecule has 1 fully saturated rings. The Balaban J connectivity index is 2.49. The molecule has 0 amide bonds. The van der Waals surface area contributed by atoms with Gasteiger partial charge in [-0.15, -0.1) is 0 Å². The van der Waals surface area contributed by atoms with Gasteiger partial charge in [0.05, 0.1) is 0 Å². The number of nitrogens with zero attached hydrogens (tertiary/aromatic N) is 1. The van der Waals surface area contributed by atoms with Crippen LogP contribution in [0.5, 0.6) is 0 Å². The van der Waals surface area contributed by atoms with Crippen LogP contribution in [-0.4, -0.2) is 36.1 Å². The average molecular weight is 226 g/mol. The molecule has 1 saturated carbocycles. The van der Waals surface area contributed by atoms with Crippen molar-refractivity contribution in [2.75, 3.05) is 13.1 Å². The van der Waals surface area contributed by atoms with Crippen molar-refractivity contribution in [3.05, 3.63) is 0 Å². The van der Waals surface area contributed by atoms with Crippen molar-refractivity contribution in [2.45, 2.75) is 77.9 Å². The van der Waals surface area contributed by atoms with E-state index in [9.17, 15) is 0 Å². The van der Waals surface area contributed by atoms with Gasteiger partial charge in [0, 0.05) is 18.1 Å². The predicted octanol–water partition coefficient (Wildman–Crippen LogP) is 3.03. The van der Waals surface area contributed by atoms with Gasteiger partial charge in [-0.25, -0.2) is 0 Å². The number of hydrogen-bond acceptors (Lipinski definition) is 2. The third-order valence-electron chi connectivity index (χ3n) is 3.75. The fourth-order valence-corrected chi connectivity index (χ4v) is 3.06. The Labute approximate surface area is 102 Å². The molecule has 2 nitrogen and oxygen atoms in total. The molecule has 1 rings (SSSR count). The lowest BCUT2D eigenvalue weighted by atomic mass is 9.89. The normalized spacial score (nSPS) is 26.6. The summed E-state index contributed by atoms with van der Waals surface area (Å²) in [5.41, 5.74) is 0. The molecule has 2 heteroatoms. The maximum atomic E-state index is 3.62. The van der Waals surface area contributed by atoms with Gasteiger partial charge in [0.15, 0.2) is 0 Å². The first-order chi connectivity index (χ1) is 7.69. The maximum Gasteiger partial charge on any atom is 0.0113 e. The van der Waals surface area contributed by atoms with Crippen molar-refractivity contribution in [3.63, 3.8) is 0 Å². The zero-order chi connectivity index (χ0) is 12.0. The van der Waals surface area contributed by atoms with E-state index in [1.54, 1.807) is 0 Å². The van der Waals surface area contributed by atoms with Gasteiger partial charge >= 0.3 is 0 Å². The Morgan fingerprint density at radius 3 is 2.56 bits per heavy atom. The zero-order valence-electron chi connectivity index (χ0n) is 11.6. The second-order valence-electron chi connectivity index (χ2n) is 5.41. The van der Waals surface area contributed by atoms with Crippen molar-refractivity contribution >= 4 is 0 Å². The lowest BCUT2D eigenvalue weighted by Crippen LogP contribution is -2.47. The Morgan fingerprint density at radius 2 is 2.00 bits per heavy atom. The Bertz CT molecular complexity index is 178. The molecule has 0 bridgehead atoms. The van der Waals surface area contributed by atoms with Gasteiger partial charge in [-0.2, -0.15) is 0 Å². The summed E-state index contributed by atoms with van der Waals surface area (Å²) in [6.45, 7) is 11.6. The van der Waals surface area contributed by atoms with Crippen molar-refractivity contribution in [1.82, 2.24) is 10.2 Å². The molecule has 0 aliphatic heterocycles. The summed E-state index contributed by atoms with van der Waals surface area (Å²) >= 11 is 0. The third kappa shape index (κ3) is 4.06. The molecule has 0 aromatic rings. The summed E-state index contributed by atoms with van der Waals surface area (Å²) < 4.78 is 0. The summed E-state index contributed by atoms with van der Waals surface area (Å²) in [5, 5.41) is 3.62. The second kappa shape index (κ2) is 7.29. The van der Waals surface area contributed by atoms with Gasteiger partial charge < -0.3 is 5.32 Å². The highest BCUT2D eigenvalue weighted by molar-refractivity contribution is 4.84. The number of hydrogen-bond donors (Lipinski definition) is 1. The molecule has 0 aromatic carbocycles. The van der Waals surface area contributed by atoms with Crippen LogP contribution in [0.3, 0.4) is 0 Å². The molecular formula is C14H30N2. The molecule has 1 N–H and O–H groups in total. The number of rotatable bonds is 6. The van der Waals surface area contributed by atoms with E-state index in [0.717, 1.165) is 18.6 Å². The first kappa shape index (κ1) is 14.0. The van der Waals surface area contributed by atoms with Crippen LogP contribution in [0.15, 0.2) is 0 Å². The van der Waals surface area contributed by atoms with Crippen LogP contribution in [0.1, 0.15) is 59.8 Å². The van der Waals surface area contributed by atoms with Crippen LogP contribution in [0.4, 0.5) is 0 Å². The average Bonchev–Trinajstić information content (AvgIpc) is 2.26. The SMILES string of the molecule is CCCN(C(C)C)C1CCCC(NCC)C1. The summed E-state index contributed by atoms with van der Waals surface area (Å²) in [4.78, 5) is 2.71. The van der Waals surface area contributed by atoms with Crippen LogP contribution in [0, 0.1) is 0 Å². The molecule has 0 spiro atoms. The highest BCUT2D eigenvalue weighted by atomic mass is 15.2. The standard InChI is InChI=1S/C14H30N2/c1-5-10-16(12(3)4)14-9-7-8-13(11-14)15-6-2/h12-15H,5-11H2,1-4H3. The second-order valence-corrected chi connectivity index (χ2v) is 5.41. The lowest BCUT2D eigenvalue weighted by molar-refractivity contribution is 0.108. The Kier molecular flexibility index (Phi) is 6.37. The van der Waals surface area contributed by atoms with E-state index in [2.05, 4.69) is 37.9 Å². The smallest absolute Gasteiger partial charge is 0.0113 e. The monoisotopic (exact) mass is 226 g/mol. The van der Waals surface area contributed by atoms with Crippen LogP contribution in [0.25, 0.3) is 0 Å². The van der Waals surface area contributed by atoms with E-state index in [0.29, 0.717) is 6.04 Å². The lowest BCUT2D eigenvalue weighted by Gasteiger charge is -2.40. The van der Waals surface area contributed by atoms with Crippen LogP contribution < -0.4 is 5.32 Å². The van der Waals surface area contributed by atoms with E-state index in [4.69, 9.17) is 0 Å². The van der Waals surface area contributed by atoms with Gasteiger partial charge in [0.1, 0.15) is 0 Å². The largest absolute Gasteiger partial charge is 0.314 e. The molecule has 0 radical (unpaired) electrons. The molecule has 2 atom stereocenters. The molecule has 16 heavy (non-hydrogen) atoms. The summed E-state index contributed by atoms with van der Waals surface area (Å²) in [6, 6.07) is 2.28. The van der Waals surface area contributed by atoms with Crippen LogP contribution in [0.2, 0.25) is 0 Å². The van der Waals surface area contributed by atoms with Crippen LogP contribution in [-0.2, 0) is 0 Å². The van der Waals surface area contributed by atoms with Crippen molar-refractivity contribution in [1.29, 1.82) is 0 Å². The Morgan fingerprint density at radius 1 is 1.25 bits per heavy atom. The summed E-state index contributed by atoms with van der Waals surface area (Å²) in [6.07, 6.45) is 6.81. The highest BCUT2D eigenvalue weighted by Gasteiger charge is 2.26. The third-order valence-corrected chi connectivity index (χ3v) is 3.75. The van der Waals surface area contributed by atoms with Crippen molar-refractivity contribution < 1.29 is 0 Å². The molecule has 1 aliphatic carbocycles. The summed E-state index contributed by atoms with van der Waals surface area (Å²) in [5.74, 6) is 0. The maximum absolute atomic E-state index is 3.62. The van der Waals surface area contributed by atoms with E-state index >= 15 is 0 Å². The minimum absolute atomic E-state index is 0.699. The first-order valence-electron chi connectivity index (χ1n) is 7.18. The van der Waals surface area contributed by atoms with E-state index in [-0.39, 0.29) is 0 Å². The molecule has 0 aromatic heterocycles. The first-order valence-corrected chi connectivity index (χ1v) is 7.18. The minimum atomic E-state index is 0.699. The van der Waals surface area contributed by atoms with E-state index < -0.39 is 0 Å². The minimum Gasteiger partial charge on any atom is -0.314 e. The van der Waals surface area contributed by atoms with Gasteiger partial charge in [-0.3, -0.25) is 4.90 Å². The number of nitrogens with one attached hydrogen (secondary N) is 1.